The first-order valence-electron chi connectivity index (χ1n) is 7.37. The van der Waals surface area contributed by atoms with Crippen molar-refractivity contribution in [3.63, 3.8) is 0 Å². The molecule has 2 aromatic rings. The van der Waals surface area contributed by atoms with Gasteiger partial charge in [-0.2, -0.15) is 0 Å². The fourth-order valence-corrected chi connectivity index (χ4v) is 3.03. The lowest BCUT2D eigenvalue weighted by Gasteiger charge is -2.33. The van der Waals surface area contributed by atoms with Crippen molar-refractivity contribution in [3.05, 3.63) is 41.3 Å². The number of benzene rings is 1. The number of nitrogens with two attached hydrogens (primary N) is 1. The van der Waals surface area contributed by atoms with Crippen LogP contribution in [0.2, 0.25) is 5.02 Å². The van der Waals surface area contributed by atoms with Crippen LogP contribution in [0.1, 0.15) is 32.8 Å². The highest BCUT2D eigenvalue weighted by Gasteiger charge is 2.28. The lowest BCUT2D eigenvalue weighted by Crippen LogP contribution is -2.39. The van der Waals surface area contributed by atoms with E-state index in [1.165, 1.54) is 0 Å². The molecule has 1 heterocycles. The van der Waals surface area contributed by atoms with Crippen LogP contribution in [-0.4, -0.2) is 16.1 Å². The summed E-state index contributed by atoms with van der Waals surface area (Å²) in [5, 5.41) is 0.776. The molecule has 0 saturated carbocycles. The van der Waals surface area contributed by atoms with Crippen molar-refractivity contribution < 1.29 is 0 Å². The summed E-state index contributed by atoms with van der Waals surface area (Å²) in [6, 6.07) is 6.12. The SMILES string of the molecule is Cc1ccc(-c2cncn2C(C)(CN)CC(C)C)cc1Cl. The van der Waals surface area contributed by atoms with Crippen molar-refractivity contribution in [1.82, 2.24) is 9.55 Å². The Kier molecular flexibility index (Phi) is 4.74. The molecule has 1 atom stereocenters. The number of nitrogens with zero attached hydrogens (tertiary/aromatic N) is 2. The van der Waals surface area contributed by atoms with E-state index < -0.39 is 0 Å². The molecule has 21 heavy (non-hydrogen) atoms. The zero-order valence-corrected chi connectivity index (χ0v) is 14.0. The molecule has 0 radical (unpaired) electrons. The van der Waals surface area contributed by atoms with Crippen molar-refractivity contribution in [1.29, 1.82) is 0 Å². The van der Waals surface area contributed by atoms with Crippen LogP contribution in [-0.2, 0) is 5.54 Å². The molecule has 1 unspecified atom stereocenters. The number of rotatable bonds is 5. The molecule has 0 amide bonds. The monoisotopic (exact) mass is 305 g/mol. The molecule has 0 spiro atoms. The molecular weight excluding hydrogens is 282 g/mol. The highest BCUT2D eigenvalue weighted by molar-refractivity contribution is 6.31. The molecule has 0 bridgehead atoms. The summed E-state index contributed by atoms with van der Waals surface area (Å²) in [5.41, 5.74) is 9.15. The zero-order valence-electron chi connectivity index (χ0n) is 13.2. The predicted molar refractivity (Wildman–Crippen MR) is 89.6 cm³/mol. The summed E-state index contributed by atoms with van der Waals surface area (Å²) in [6.45, 7) is 9.20. The second kappa shape index (κ2) is 6.20. The van der Waals surface area contributed by atoms with Gasteiger partial charge in [0.1, 0.15) is 0 Å². The number of hydrogen-bond acceptors (Lipinski definition) is 2. The van der Waals surface area contributed by atoms with Crippen LogP contribution in [0.15, 0.2) is 30.7 Å². The Morgan fingerprint density at radius 3 is 2.67 bits per heavy atom. The zero-order chi connectivity index (χ0) is 15.6. The van der Waals surface area contributed by atoms with Gasteiger partial charge in [0.2, 0.25) is 0 Å². The first-order chi connectivity index (χ1) is 9.87. The highest BCUT2D eigenvalue weighted by atomic mass is 35.5. The molecule has 0 aliphatic heterocycles. The predicted octanol–water partition coefficient (Wildman–Crippen LogP) is 4.23. The maximum atomic E-state index is 6.26. The van der Waals surface area contributed by atoms with Crippen molar-refractivity contribution in [2.24, 2.45) is 11.7 Å². The van der Waals surface area contributed by atoms with Crippen LogP contribution in [0.25, 0.3) is 11.3 Å². The van der Waals surface area contributed by atoms with Crippen molar-refractivity contribution in [2.75, 3.05) is 6.54 Å². The van der Waals surface area contributed by atoms with Gasteiger partial charge >= 0.3 is 0 Å². The minimum atomic E-state index is -0.142. The molecule has 2 rings (SSSR count). The summed E-state index contributed by atoms with van der Waals surface area (Å²) in [7, 11) is 0. The summed E-state index contributed by atoms with van der Waals surface area (Å²) in [5.74, 6) is 0.565. The van der Waals surface area contributed by atoms with Crippen LogP contribution in [0.4, 0.5) is 0 Å². The third-order valence-corrected chi connectivity index (χ3v) is 4.38. The third kappa shape index (κ3) is 3.30. The third-order valence-electron chi connectivity index (χ3n) is 3.98. The van der Waals surface area contributed by atoms with Crippen LogP contribution < -0.4 is 5.73 Å². The van der Waals surface area contributed by atoms with Gasteiger partial charge in [-0.3, -0.25) is 0 Å². The summed E-state index contributed by atoms with van der Waals surface area (Å²) >= 11 is 6.26. The van der Waals surface area contributed by atoms with Crippen molar-refractivity contribution in [3.8, 4) is 11.3 Å². The minimum Gasteiger partial charge on any atom is -0.328 e. The van der Waals surface area contributed by atoms with Crippen LogP contribution in [0.3, 0.4) is 0 Å². The van der Waals surface area contributed by atoms with Crippen molar-refractivity contribution in [2.45, 2.75) is 39.7 Å². The van der Waals surface area contributed by atoms with E-state index in [2.05, 4.69) is 36.4 Å². The van der Waals surface area contributed by atoms with Gasteiger partial charge < -0.3 is 10.3 Å². The number of imidazole rings is 1. The first-order valence-corrected chi connectivity index (χ1v) is 7.74. The van der Waals surface area contributed by atoms with Gasteiger partial charge in [0, 0.05) is 17.1 Å². The van der Waals surface area contributed by atoms with Gasteiger partial charge in [0.15, 0.2) is 0 Å². The van der Waals surface area contributed by atoms with E-state index in [0.717, 1.165) is 28.3 Å². The molecule has 3 nitrogen and oxygen atoms in total. The van der Waals surface area contributed by atoms with Crippen LogP contribution >= 0.6 is 11.6 Å². The smallest absolute Gasteiger partial charge is 0.0956 e. The topological polar surface area (TPSA) is 43.8 Å². The molecule has 0 saturated heterocycles. The lowest BCUT2D eigenvalue weighted by atomic mass is 9.90. The molecule has 1 aromatic carbocycles. The van der Waals surface area contributed by atoms with Gasteiger partial charge in [-0.1, -0.05) is 37.6 Å². The minimum absolute atomic E-state index is 0.142. The van der Waals surface area contributed by atoms with Crippen molar-refractivity contribution >= 4 is 11.6 Å². The fourth-order valence-electron chi connectivity index (χ4n) is 2.85. The molecular formula is C17H24ClN3. The first kappa shape index (κ1) is 16.1. The fraction of sp³-hybridized carbons (Fsp3) is 0.471. The Morgan fingerprint density at radius 2 is 2.10 bits per heavy atom. The average molecular weight is 306 g/mol. The van der Waals surface area contributed by atoms with Gasteiger partial charge in [-0.15, -0.1) is 0 Å². The Bertz CT molecular complexity index is 618. The molecule has 0 fully saturated rings. The van der Waals surface area contributed by atoms with E-state index in [0.29, 0.717) is 12.5 Å². The Labute approximate surface area is 132 Å². The second-order valence-corrected chi connectivity index (χ2v) is 6.82. The summed E-state index contributed by atoms with van der Waals surface area (Å²) < 4.78 is 2.19. The Morgan fingerprint density at radius 1 is 1.38 bits per heavy atom. The van der Waals surface area contributed by atoms with E-state index in [-0.39, 0.29) is 5.54 Å². The largest absolute Gasteiger partial charge is 0.328 e. The summed E-state index contributed by atoms with van der Waals surface area (Å²) in [6.07, 6.45) is 4.76. The van der Waals surface area contributed by atoms with Gasteiger partial charge in [-0.05, 0) is 37.8 Å². The highest BCUT2D eigenvalue weighted by Crippen LogP contribution is 2.32. The normalized spacial score (nSPS) is 14.4. The number of aryl methyl sites for hydroxylation is 1. The Hall–Kier alpha value is -1.32. The molecule has 114 valence electrons. The van der Waals surface area contributed by atoms with E-state index in [4.69, 9.17) is 17.3 Å². The Balaban J connectivity index is 2.48. The number of halogens is 1. The molecule has 0 aliphatic rings. The lowest BCUT2D eigenvalue weighted by molar-refractivity contribution is 0.267. The standard InChI is InChI=1S/C17H24ClN3/c1-12(2)8-17(4,10-19)21-11-20-9-16(21)14-6-5-13(3)15(18)7-14/h5-7,9,11-12H,8,10,19H2,1-4H3. The van der Waals surface area contributed by atoms with Crippen LogP contribution in [0.5, 0.6) is 0 Å². The second-order valence-electron chi connectivity index (χ2n) is 6.41. The molecule has 2 N–H and O–H groups in total. The van der Waals surface area contributed by atoms with E-state index in [9.17, 15) is 0 Å². The van der Waals surface area contributed by atoms with Gasteiger partial charge in [0.05, 0.1) is 23.8 Å². The van der Waals surface area contributed by atoms with Crippen LogP contribution in [0, 0.1) is 12.8 Å². The van der Waals surface area contributed by atoms with Gasteiger partial charge in [-0.25, -0.2) is 4.98 Å². The van der Waals surface area contributed by atoms with Gasteiger partial charge in [0.25, 0.3) is 0 Å². The van der Waals surface area contributed by atoms with E-state index >= 15 is 0 Å². The maximum Gasteiger partial charge on any atom is 0.0956 e. The van der Waals surface area contributed by atoms with E-state index in [1.54, 1.807) is 0 Å². The maximum absolute atomic E-state index is 6.26. The molecule has 0 aliphatic carbocycles. The average Bonchev–Trinajstić information content (AvgIpc) is 2.91. The number of aromatic nitrogens is 2. The quantitative estimate of drug-likeness (QED) is 0.898. The number of hydrogen-bond donors (Lipinski definition) is 1. The summed E-state index contributed by atoms with van der Waals surface area (Å²) in [4.78, 5) is 4.34. The molecule has 1 aromatic heterocycles. The molecule has 4 heteroatoms. The van der Waals surface area contributed by atoms with E-state index in [1.807, 2.05) is 31.6 Å².